The first kappa shape index (κ1) is 10.4. The van der Waals surface area contributed by atoms with Crippen molar-refractivity contribution in [2.45, 2.75) is 40.0 Å². The van der Waals surface area contributed by atoms with Crippen LogP contribution in [0.15, 0.2) is 11.6 Å². The summed E-state index contributed by atoms with van der Waals surface area (Å²) in [6, 6.07) is 0. The third kappa shape index (κ3) is 5.84. The maximum Gasteiger partial charge on any atom is 0.123 e. The minimum Gasteiger partial charge on any atom is -0.303 e. The van der Waals surface area contributed by atoms with E-state index in [1.807, 2.05) is 0 Å². The Morgan fingerprint density at radius 3 is 2.45 bits per heavy atom. The molecule has 11 heavy (non-hydrogen) atoms. The van der Waals surface area contributed by atoms with E-state index in [-0.39, 0.29) is 5.92 Å². The van der Waals surface area contributed by atoms with Crippen LogP contribution in [-0.2, 0) is 4.79 Å². The van der Waals surface area contributed by atoms with E-state index < -0.39 is 0 Å². The average Bonchev–Trinajstić information content (AvgIpc) is 1.97. The quantitative estimate of drug-likeness (QED) is 0.439. The van der Waals surface area contributed by atoms with Crippen LogP contribution in [0.2, 0.25) is 0 Å². The van der Waals surface area contributed by atoms with E-state index in [1.54, 1.807) is 0 Å². The summed E-state index contributed by atoms with van der Waals surface area (Å²) in [7, 11) is 0. The lowest BCUT2D eigenvalue weighted by Crippen LogP contribution is -1.99. The second-order valence-electron chi connectivity index (χ2n) is 3.20. The van der Waals surface area contributed by atoms with E-state index in [1.165, 1.54) is 5.57 Å². The average molecular weight is 154 g/mol. The SMILES string of the molecule is CCCC(C=O)CC=C(C)C. The maximum absolute atomic E-state index is 10.5. The van der Waals surface area contributed by atoms with Gasteiger partial charge in [-0.15, -0.1) is 0 Å². The fourth-order valence-corrected chi connectivity index (χ4v) is 0.999. The molecular formula is C10H18O. The number of aldehydes is 1. The van der Waals surface area contributed by atoms with Gasteiger partial charge in [-0.3, -0.25) is 0 Å². The summed E-state index contributed by atoms with van der Waals surface area (Å²) >= 11 is 0. The van der Waals surface area contributed by atoms with Gasteiger partial charge in [-0.1, -0.05) is 25.0 Å². The molecule has 1 heteroatoms. The lowest BCUT2D eigenvalue weighted by molar-refractivity contribution is -0.111. The Kier molecular flexibility index (Phi) is 5.81. The van der Waals surface area contributed by atoms with Gasteiger partial charge in [-0.2, -0.15) is 0 Å². The number of allylic oxidation sites excluding steroid dienone is 2. The van der Waals surface area contributed by atoms with Crippen molar-refractivity contribution in [2.75, 3.05) is 0 Å². The van der Waals surface area contributed by atoms with Crippen LogP contribution in [0.4, 0.5) is 0 Å². The van der Waals surface area contributed by atoms with Crippen molar-refractivity contribution in [3.8, 4) is 0 Å². The molecule has 0 bridgehead atoms. The van der Waals surface area contributed by atoms with Crippen LogP contribution in [0.5, 0.6) is 0 Å². The van der Waals surface area contributed by atoms with Gasteiger partial charge in [0, 0.05) is 5.92 Å². The highest BCUT2D eigenvalue weighted by molar-refractivity contribution is 5.53. The van der Waals surface area contributed by atoms with Gasteiger partial charge in [0.1, 0.15) is 6.29 Å². The zero-order valence-corrected chi connectivity index (χ0v) is 7.76. The Hall–Kier alpha value is -0.590. The monoisotopic (exact) mass is 154 g/mol. The smallest absolute Gasteiger partial charge is 0.123 e. The fourth-order valence-electron chi connectivity index (χ4n) is 0.999. The summed E-state index contributed by atoms with van der Waals surface area (Å²) < 4.78 is 0. The summed E-state index contributed by atoms with van der Waals surface area (Å²) in [5.41, 5.74) is 1.30. The molecule has 0 saturated heterocycles. The zero-order chi connectivity index (χ0) is 8.69. The molecule has 0 aromatic heterocycles. The van der Waals surface area contributed by atoms with Gasteiger partial charge >= 0.3 is 0 Å². The third-order valence-electron chi connectivity index (χ3n) is 1.68. The number of carbonyl (C=O) groups is 1. The fraction of sp³-hybridized carbons (Fsp3) is 0.700. The van der Waals surface area contributed by atoms with Gasteiger partial charge in [-0.05, 0) is 26.7 Å². The van der Waals surface area contributed by atoms with Crippen molar-refractivity contribution < 1.29 is 4.79 Å². The minimum absolute atomic E-state index is 0.245. The standard InChI is InChI=1S/C10H18O/c1-4-5-10(8-11)7-6-9(2)3/h6,8,10H,4-5,7H2,1-3H3. The topological polar surface area (TPSA) is 17.1 Å². The molecule has 1 atom stereocenters. The predicted octanol–water partition coefficient (Wildman–Crippen LogP) is 2.96. The van der Waals surface area contributed by atoms with E-state index in [4.69, 9.17) is 0 Å². The predicted molar refractivity (Wildman–Crippen MR) is 48.5 cm³/mol. The molecule has 0 spiro atoms. The van der Waals surface area contributed by atoms with Gasteiger partial charge in [0.25, 0.3) is 0 Å². The van der Waals surface area contributed by atoms with Gasteiger partial charge in [-0.25, -0.2) is 0 Å². The highest BCUT2D eigenvalue weighted by Crippen LogP contribution is 2.09. The molecule has 0 aliphatic carbocycles. The Morgan fingerprint density at radius 1 is 1.45 bits per heavy atom. The molecule has 0 aromatic rings. The second-order valence-corrected chi connectivity index (χ2v) is 3.20. The van der Waals surface area contributed by atoms with Crippen LogP contribution >= 0.6 is 0 Å². The van der Waals surface area contributed by atoms with Crippen LogP contribution in [0, 0.1) is 5.92 Å². The zero-order valence-electron chi connectivity index (χ0n) is 7.76. The van der Waals surface area contributed by atoms with Gasteiger partial charge in [0.15, 0.2) is 0 Å². The molecule has 0 N–H and O–H groups in total. The van der Waals surface area contributed by atoms with Gasteiger partial charge < -0.3 is 4.79 Å². The largest absolute Gasteiger partial charge is 0.303 e. The highest BCUT2D eigenvalue weighted by Gasteiger charge is 2.02. The molecule has 0 amide bonds. The van der Waals surface area contributed by atoms with Crippen molar-refractivity contribution >= 4 is 6.29 Å². The van der Waals surface area contributed by atoms with E-state index >= 15 is 0 Å². The van der Waals surface area contributed by atoms with E-state index in [2.05, 4.69) is 26.8 Å². The van der Waals surface area contributed by atoms with Crippen LogP contribution in [0.1, 0.15) is 40.0 Å². The summed E-state index contributed by atoms with van der Waals surface area (Å²) in [4.78, 5) is 10.5. The lowest BCUT2D eigenvalue weighted by atomic mass is 10.0. The number of rotatable bonds is 5. The van der Waals surface area contributed by atoms with Crippen molar-refractivity contribution in [1.82, 2.24) is 0 Å². The first-order chi connectivity index (χ1) is 5.20. The van der Waals surface area contributed by atoms with Crippen LogP contribution in [0.3, 0.4) is 0 Å². The Morgan fingerprint density at radius 2 is 2.09 bits per heavy atom. The van der Waals surface area contributed by atoms with E-state index in [0.29, 0.717) is 0 Å². The summed E-state index contributed by atoms with van der Waals surface area (Å²) in [6.07, 6.45) is 6.24. The van der Waals surface area contributed by atoms with E-state index in [9.17, 15) is 4.79 Å². The summed E-state index contributed by atoms with van der Waals surface area (Å²) in [6.45, 7) is 6.24. The first-order valence-electron chi connectivity index (χ1n) is 4.29. The summed E-state index contributed by atoms with van der Waals surface area (Å²) in [5.74, 6) is 0.245. The van der Waals surface area contributed by atoms with Gasteiger partial charge in [0.2, 0.25) is 0 Å². The van der Waals surface area contributed by atoms with Crippen molar-refractivity contribution in [3.63, 3.8) is 0 Å². The molecule has 1 unspecified atom stereocenters. The van der Waals surface area contributed by atoms with Gasteiger partial charge in [0.05, 0.1) is 0 Å². The highest BCUT2D eigenvalue weighted by atomic mass is 16.1. The van der Waals surface area contributed by atoms with Crippen molar-refractivity contribution in [2.24, 2.45) is 5.92 Å². The van der Waals surface area contributed by atoms with E-state index in [0.717, 1.165) is 25.5 Å². The Labute approximate surface area is 69.5 Å². The lowest BCUT2D eigenvalue weighted by Gasteiger charge is -2.04. The number of hydrogen-bond acceptors (Lipinski definition) is 1. The maximum atomic E-state index is 10.5. The minimum atomic E-state index is 0.245. The third-order valence-corrected chi connectivity index (χ3v) is 1.68. The molecule has 0 radical (unpaired) electrons. The molecule has 64 valence electrons. The summed E-state index contributed by atoms with van der Waals surface area (Å²) in [5, 5.41) is 0. The number of hydrogen-bond donors (Lipinski definition) is 0. The molecule has 1 nitrogen and oxygen atoms in total. The van der Waals surface area contributed by atoms with Crippen LogP contribution < -0.4 is 0 Å². The molecule has 0 fully saturated rings. The van der Waals surface area contributed by atoms with Crippen LogP contribution in [0.25, 0.3) is 0 Å². The number of carbonyl (C=O) groups excluding carboxylic acids is 1. The van der Waals surface area contributed by atoms with Crippen molar-refractivity contribution in [3.05, 3.63) is 11.6 Å². The normalized spacial score (nSPS) is 12.3. The van der Waals surface area contributed by atoms with Crippen LogP contribution in [-0.4, -0.2) is 6.29 Å². The first-order valence-corrected chi connectivity index (χ1v) is 4.29. The molecule has 0 rings (SSSR count). The molecule has 0 saturated carbocycles. The van der Waals surface area contributed by atoms with Crippen molar-refractivity contribution in [1.29, 1.82) is 0 Å². The molecule has 0 heterocycles. The molecule has 0 aliphatic rings. The molecule has 0 aromatic carbocycles. The Bertz CT molecular complexity index is 132. The molecule has 0 aliphatic heterocycles. The second kappa shape index (κ2) is 6.14. The molecular weight excluding hydrogens is 136 g/mol. The Balaban J connectivity index is 3.69.